The number of halogens is 1. The van der Waals surface area contributed by atoms with Crippen molar-refractivity contribution in [1.29, 1.82) is 0 Å². The molecule has 0 spiro atoms. The van der Waals surface area contributed by atoms with Crippen LogP contribution in [0.2, 0.25) is 0 Å². The summed E-state index contributed by atoms with van der Waals surface area (Å²) in [6, 6.07) is 15.7. The fraction of sp³-hybridized carbons (Fsp3) is 0.235. The van der Waals surface area contributed by atoms with Crippen LogP contribution < -0.4 is 5.32 Å². The summed E-state index contributed by atoms with van der Waals surface area (Å²) in [7, 11) is 0. The van der Waals surface area contributed by atoms with Gasteiger partial charge in [0.25, 0.3) is 0 Å². The summed E-state index contributed by atoms with van der Waals surface area (Å²) >= 11 is 3.42. The lowest BCUT2D eigenvalue weighted by atomic mass is 9.91. The first kappa shape index (κ1) is 14.1. The maximum atomic E-state index is 12.4. The standard InChI is InChI=1S/C17H16BrNO2/c18-13-5-3-4-12(10-13)11-21-17(20)15-8-9-19-16-7-2-1-6-14(15)16/h1-7,10,15,19H,8-9,11H2. The molecule has 1 atom stereocenters. The Bertz CT molecular complexity index is 657. The largest absolute Gasteiger partial charge is 0.460 e. The van der Waals surface area contributed by atoms with Gasteiger partial charge in [-0.25, -0.2) is 0 Å². The van der Waals surface area contributed by atoms with E-state index in [1.165, 1.54) is 0 Å². The van der Waals surface area contributed by atoms with Crippen LogP contribution in [0.1, 0.15) is 23.5 Å². The van der Waals surface area contributed by atoms with Gasteiger partial charge in [-0.3, -0.25) is 4.79 Å². The van der Waals surface area contributed by atoms with Gasteiger partial charge < -0.3 is 10.1 Å². The minimum absolute atomic E-state index is 0.149. The first-order valence-corrected chi connectivity index (χ1v) is 7.77. The van der Waals surface area contributed by atoms with Crippen LogP contribution in [0.4, 0.5) is 5.69 Å². The molecule has 0 aromatic heterocycles. The van der Waals surface area contributed by atoms with E-state index < -0.39 is 0 Å². The van der Waals surface area contributed by atoms with Crippen molar-refractivity contribution < 1.29 is 9.53 Å². The summed E-state index contributed by atoms with van der Waals surface area (Å²) in [6.07, 6.45) is 0.772. The number of hydrogen-bond acceptors (Lipinski definition) is 3. The highest BCUT2D eigenvalue weighted by Gasteiger charge is 2.27. The predicted octanol–water partition coefficient (Wildman–Crippen LogP) is 4.09. The Morgan fingerprint density at radius 2 is 2.10 bits per heavy atom. The molecule has 2 aromatic carbocycles. The van der Waals surface area contributed by atoms with Crippen LogP contribution in [0, 0.1) is 0 Å². The maximum absolute atomic E-state index is 12.4. The molecule has 0 saturated heterocycles. The smallest absolute Gasteiger partial charge is 0.313 e. The topological polar surface area (TPSA) is 38.3 Å². The average Bonchev–Trinajstić information content (AvgIpc) is 2.52. The maximum Gasteiger partial charge on any atom is 0.313 e. The van der Waals surface area contributed by atoms with Crippen LogP contribution >= 0.6 is 15.9 Å². The molecule has 3 rings (SSSR count). The highest BCUT2D eigenvalue weighted by Crippen LogP contribution is 2.32. The molecular weight excluding hydrogens is 330 g/mol. The molecule has 0 bridgehead atoms. The number of rotatable bonds is 3. The lowest BCUT2D eigenvalue weighted by Crippen LogP contribution is -2.24. The van der Waals surface area contributed by atoms with E-state index in [-0.39, 0.29) is 11.9 Å². The van der Waals surface area contributed by atoms with E-state index in [9.17, 15) is 4.79 Å². The summed E-state index contributed by atoms with van der Waals surface area (Å²) in [4.78, 5) is 12.4. The second-order valence-electron chi connectivity index (χ2n) is 5.09. The molecule has 1 unspecified atom stereocenters. The lowest BCUT2D eigenvalue weighted by Gasteiger charge is -2.25. The lowest BCUT2D eigenvalue weighted by molar-refractivity contribution is -0.147. The van der Waals surface area contributed by atoms with Gasteiger partial charge in [0, 0.05) is 16.7 Å². The van der Waals surface area contributed by atoms with Crippen molar-refractivity contribution in [3.63, 3.8) is 0 Å². The molecular formula is C17H16BrNO2. The van der Waals surface area contributed by atoms with E-state index in [4.69, 9.17) is 4.74 Å². The van der Waals surface area contributed by atoms with Crippen LogP contribution in [0.3, 0.4) is 0 Å². The van der Waals surface area contributed by atoms with Gasteiger partial charge in [0.05, 0.1) is 5.92 Å². The number of hydrogen-bond donors (Lipinski definition) is 1. The van der Waals surface area contributed by atoms with E-state index in [1.807, 2.05) is 48.5 Å². The third kappa shape index (κ3) is 3.27. The molecule has 1 heterocycles. The van der Waals surface area contributed by atoms with Gasteiger partial charge in [-0.15, -0.1) is 0 Å². The molecule has 1 N–H and O–H groups in total. The Kier molecular flexibility index (Phi) is 4.25. The summed E-state index contributed by atoms with van der Waals surface area (Å²) in [5.41, 5.74) is 3.05. The molecule has 3 nitrogen and oxygen atoms in total. The highest BCUT2D eigenvalue weighted by atomic mass is 79.9. The number of esters is 1. The van der Waals surface area contributed by atoms with Crippen molar-refractivity contribution >= 4 is 27.6 Å². The summed E-state index contributed by atoms with van der Waals surface area (Å²) < 4.78 is 6.48. The van der Waals surface area contributed by atoms with Crippen LogP contribution in [0.25, 0.3) is 0 Å². The van der Waals surface area contributed by atoms with Crippen molar-refractivity contribution in [3.8, 4) is 0 Å². The zero-order chi connectivity index (χ0) is 14.7. The number of carbonyl (C=O) groups is 1. The van der Waals surface area contributed by atoms with Gasteiger partial charge >= 0.3 is 5.97 Å². The van der Waals surface area contributed by atoms with Crippen molar-refractivity contribution in [2.24, 2.45) is 0 Å². The highest BCUT2D eigenvalue weighted by molar-refractivity contribution is 9.10. The number of para-hydroxylation sites is 1. The molecule has 4 heteroatoms. The summed E-state index contributed by atoms with van der Waals surface area (Å²) in [5.74, 6) is -0.321. The van der Waals surface area contributed by atoms with E-state index >= 15 is 0 Å². The van der Waals surface area contributed by atoms with Gasteiger partial charge in [0.2, 0.25) is 0 Å². The summed E-state index contributed by atoms with van der Waals surface area (Å²) in [5, 5.41) is 3.31. The number of anilines is 1. The second kappa shape index (κ2) is 6.31. The Balaban J connectivity index is 1.69. The Labute approximate surface area is 132 Å². The zero-order valence-electron chi connectivity index (χ0n) is 11.5. The molecule has 0 radical (unpaired) electrons. The third-order valence-corrected chi connectivity index (χ3v) is 4.13. The van der Waals surface area contributed by atoms with Gasteiger partial charge in [0.1, 0.15) is 6.61 Å². The zero-order valence-corrected chi connectivity index (χ0v) is 13.1. The quantitative estimate of drug-likeness (QED) is 0.851. The van der Waals surface area contributed by atoms with Crippen molar-refractivity contribution in [1.82, 2.24) is 0 Å². The normalized spacial score (nSPS) is 16.7. The van der Waals surface area contributed by atoms with Crippen LogP contribution in [-0.4, -0.2) is 12.5 Å². The second-order valence-corrected chi connectivity index (χ2v) is 6.01. The molecule has 108 valence electrons. The number of benzene rings is 2. The average molecular weight is 346 g/mol. The predicted molar refractivity (Wildman–Crippen MR) is 86.2 cm³/mol. The Morgan fingerprint density at radius 1 is 1.24 bits per heavy atom. The number of nitrogens with one attached hydrogen (secondary N) is 1. The SMILES string of the molecule is O=C(OCc1cccc(Br)c1)C1CCNc2ccccc21. The fourth-order valence-electron chi connectivity index (χ4n) is 2.60. The van der Waals surface area contributed by atoms with E-state index in [0.717, 1.165) is 34.3 Å². The van der Waals surface area contributed by atoms with Crippen LogP contribution in [0.15, 0.2) is 53.0 Å². The monoisotopic (exact) mass is 345 g/mol. The fourth-order valence-corrected chi connectivity index (χ4v) is 3.04. The molecule has 0 aliphatic carbocycles. The Morgan fingerprint density at radius 3 is 2.95 bits per heavy atom. The van der Waals surface area contributed by atoms with Gasteiger partial charge in [-0.05, 0) is 35.7 Å². The van der Waals surface area contributed by atoms with Gasteiger partial charge in [0.15, 0.2) is 0 Å². The molecule has 0 saturated carbocycles. The van der Waals surface area contributed by atoms with E-state index in [1.54, 1.807) is 0 Å². The molecule has 0 amide bonds. The molecule has 1 aliphatic heterocycles. The minimum atomic E-state index is -0.172. The van der Waals surface area contributed by atoms with E-state index in [2.05, 4.69) is 21.2 Å². The first-order valence-electron chi connectivity index (χ1n) is 6.98. The number of fused-ring (bicyclic) bond motifs is 1. The van der Waals surface area contributed by atoms with Crippen molar-refractivity contribution in [2.45, 2.75) is 18.9 Å². The number of carbonyl (C=O) groups excluding carboxylic acids is 1. The van der Waals surface area contributed by atoms with Crippen molar-refractivity contribution in [3.05, 3.63) is 64.1 Å². The minimum Gasteiger partial charge on any atom is -0.460 e. The third-order valence-electron chi connectivity index (χ3n) is 3.64. The number of ether oxygens (including phenoxy) is 1. The first-order chi connectivity index (χ1) is 10.2. The van der Waals surface area contributed by atoms with Gasteiger partial charge in [-0.2, -0.15) is 0 Å². The molecule has 2 aromatic rings. The molecule has 0 fully saturated rings. The van der Waals surface area contributed by atoms with Gasteiger partial charge in [-0.1, -0.05) is 46.3 Å². The molecule has 21 heavy (non-hydrogen) atoms. The van der Waals surface area contributed by atoms with E-state index in [0.29, 0.717) is 6.61 Å². The van der Waals surface area contributed by atoms with Crippen LogP contribution in [0.5, 0.6) is 0 Å². The van der Waals surface area contributed by atoms with Crippen LogP contribution in [-0.2, 0) is 16.1 Å². The summed E-state index contributed by atoms with van der Waals surface area (Å²) in [6.45, 7) is 1.11. The Hall–Kier alpha value is -1.81. The molecule has 1 aliphatic rings. The van der Waals surface area contributed by atoms with Crippen molar-refractivity contribution in [2.75, 3.05) is 11.9 Å².